The molecule has 0 spiro atoms. The van der Waals surface area contributed by atoms with Gasteiger partial charge in [-0.05, 0) is 26.0 Å². The lowest BCUT2D eigenvalue weighted by atomic mass is 10.1. The van der Waals surface area contributed by atoms with E-state index in [0.717, 1.165) is 11.4 Å². The maximum atomic E-state index is 11.3. The molecule has 9 heteroatoms. The molecular weight excluding hydrogens is 314 g/mol. The Balaban J connectivity index is 0.000000179. The summed E-state index contributed by atoms with van der Waals surface area (Å²) in [6.45, 7) is 3.86. The Morgan fingerprint density at radius 2 is 1.12 bits per heavy atom. The van der Waals surface area contributed by atoms with Gasteiger partial charge in [0.05, 0.1) is 27.2 Å². The van der Waals surface area contributed by atoms with Crippen molar-refractivity contribution in [3.8, 4) is 0 Å². The van der Waals surface area contributed by atoms with Gasteiger partial charge < -0.3 is 10.7 Å². The number of hydrogen-bond acceptors (Lipinski definition) is 6. The predicted octanol–water partition coefficient (Wildman–Crippen LogP) is -0.426. The number of rotatable bonds is 0. The Labute approximate surface area is 132 Å². The number of hydrogen-bond donors (Lipinski definition) is 4. The van der Waals surface area contributed by atoms with Crippen molar-refractivity contribution >= 4 is 27.5 Å². The fraction of sp³-hybridized carbons (Fsp3) is 0.133. The van der Waals surface area contributed by atoms with Crippen molar-refractivity contribution in [1.29, 1.82) is 0 Å². The monoisotopic (exact) mass is 327 g/mol. The normalized spacial score (nSPS) is 10.9. The van der Waals surface area contributed by atoms with E-state index in [-0.39, 0.29) is 21.5 Å². The fourth-order valence-corrected chi connectivity index (χ4v) is 2.40. The zero-order valence-corrected chi connectivity index (χ0v) is 12.8. The van der Waals surface area contributed by atoms with Gasteiger partial charge in [-0.15, -0.1) is 0 Å². The molecule has 4 rings (SSSR count). The average molecular weight is 327 g/mol. The molecule has 0 atom stereocenters. The molecule has 4 aromatic rings. The second kappa shape index (κ2) is 5.30. The summed E-state index contributed by atoms with van der Waals surface area (Å²) in [5.41, 5.74) is 5.15. The molecule has 0 radical (unpaired) electrons. The number of nitrogens with one attached hydrogen (secondary N) is 3. The molecule has 0 aliphatic carbocycles. The average Bonchev–Trinajstić information content (AvgIpc) is 3.07. The van der Waals surface area contributed by atoms with Gasteiger partial charge in [0.1, 0.15) is 0 Å². The zero-order chi connectivity index (χ0) is 17.6. The van der Waals surface area contributed by atoms with Crippen LogP contribution < -0.4 is 28.0 Å². The summed E-state index contributed by atoms with van der Waals surface area (Å²) in [5, 5.41) is 0.532. The van der Waals surface area contributed by atoms with E-state index in [4.69, 9.17) is 5.73 Å². The van der Waals surface area contributed by atoms with Gasteiger partial charge in [-0.2, -0.15) is 0 Å². The number of aromatic amines is 3. The summed E-state index contributed by atoms with van der Waals surface area (Å²) in [7, 11) is 0. The fourth-order valence-electron chi connectivity index (χ4n) is 2.40. The number of aromatic nitrogens is 4. The van der Waals surface area contributed by atoms with Crippen LogP contribution in [0.2, 0.25) is 0 Å². The SMILES string of the molecule is Cc1nc(N)[nH]c1C.O=c1[nH]c(=O)c2cc3c(=O)[nH]c(=O)c3cc12. The summed E-state index contributed by atoms with van der Waals surface area (Å²) in [4.78, 5) is 56.3. The maximum Gasteiger partial charge on any atom is 0.258 e. The molecule has 0 aliphatic rings. The van der Waals surface area contributed by atoms with Crippen LogP contribution in [0.1, 0.15) is 11.4 Å². The Hall–Kier alpha value is -3.49. The Morgan fingerprint density at radius 3 is 1.33 bits per heavy atom. The number of anilines is 1. The largest absolute Gasteiger partial charge is 0.369 e. The van der Waals surface area contributed by atoms with E-state index < -0.39 is 22.2 Å². The second-order valence-electron chi connectivity index (χ2n) is 5.34. The first-order valence-corrected chi connectivity index (χ1v) is 6.96. The number of nitrogen functional groups attached to an aromatic ring is 1. The van der Waals surface area contributed by atoms with E-state index in [0.29, 0.717) is 5.95 Å². The molecule has 122 valence electrons. The van der Waals surface area contributed by atoms with Gasteiger partial charge in [0.15, 0.2) is 5.95 Å². The lowest BCUT2D eigenvalue weighted by Gasteiger charge is -1.86. The molecule has 0 fully saturated rings. The van der Waals surface area contributed by atoms with Crippen LogP contribution in [0.15, 0.2) is 31.3 Å². The summed E-state index contributed by atoms with van der Waals surface area (Å²) in [6, 6.07) is 2.54. The molecular formula is C15H13N5O4. The topological polar surface area (TPSA) is 155 Å². The highest BCUT2D eigenvalue weighted by Crippen LogP contribution is 2.12. The van der Waals surface area contributed by atoms with Crippen molar-refractivity contribution in [2.24, 2.45) is 0 Å². The van der Waals surface area contributed by atoms with Crippen LogP contribution in [-0.4, -0.2) is 19.9 Å². The summed E-state index contributed by atoms with van der Waals surface area (Å²) < 4.78 is 0. The van der Waals surface area contributed by atoms with Crippen LogP contribution in [0.25, 0.3) is 21.5 Å². The number of nitrogens with zero attached hydrogens (tertiary/aromatic N) is 1. The number of H-pyrrole nitrogens is 3. The molecule has 0 saturated heterocycles. The summed E-state index contributed by atoms with van der Waals surface area (Å²) in [6.07, 6.45) is 0. The molecule has 1 aromatic carbocycles. The third-order valence-electron chi connectivity index (χ3n) is 3.74. The smallest absolute Gasteiger partial charge is 0.258 e. The minimum absolute atomic E-state index is 0.133. The molecule has 0 amide bonds. The molecule has 0 saturated carbocycles. The van der Waals surface area contributed by atoms with Gasteiger partial charge in [-0.25, -0.2) is 4.98 Å². The van der Waals surface area contributed by atoms with Crippen LogP contribution in [0.4, 0.5) is 5.95 Å². The van der Waals surface area contributed by atoms with Gasteiger partial charge in [0, 0.05) is 5.69 Å². The van der Waals surface area contributed by atoms with Crippen LogP contribution in [0.3, 0.4) is 0 Å². The number of imidazole rings is 1. The summed E-state index contributed by atoms with van der Waals surface area (Å²) >= 11 is 0. The van der Waals surface area contributed by atoms with Crippen molar-refractivity contribution in [3.05, 3.63) is 64.9 Å². The van der Waals surface area contributed by atoms with Gasteiger partial charge in [-0.1, -0.05) is 0 Å². The molecule has 0 aliphatic heterocycles. The first-order valence-electron chi connectivity index (χ1n) is 6.96. The first kappa shape index (κ1) is 15.4. The van der Waals surface area contributed by atoms with Crippen molar-refractivity contribution in [2.45, 2.75) is 13.8 Å². The number of nitrogens with two attached hydrogens (primary N) is 1. The van der Waals surface area contributed by atoms with E-state index in [1.54, 1.807) is 0 Å². The Bertz CT molecular complexity index is 1100. The van der Waals surface area contributed by atoms with Gasteiger partial charge in [0.25, 0.3) is 22.2 Å². The highest BCUT2D eigenvalue weighted by molar-refractivity contribution is 5.97. The minimum Gasteiger partial charge on any atom is -0.369 e. The number of aryl methyl sites for hydroxylation is 2. The van der Waals surface area contributed by atoms with Crippen LogP contribution in [-0.2, 0) is 0 Å². The second-order valence-corrected chi connectivity index (χ2v) is 5.34. The van der Waals surface area contributed by atoms with E-state index >= 15 is 0 Å². The van der Waals surface area contributed by atoms with E-state index in [1.807, 2.05) is 13.8 Å². The van der Waals surface area contributed by atoms with Crippen LogP contribution in [0.5, 0.6) is 0 Å². The quantitative estimate of drug-likeness (QED) is 0.344. The van der Waals surface area contributed by atoms with Gasteiger partial charge in [-0.3, -0.25) is 29.1 Å². The molecule has 5 N–H and O–H groups in total. The third kappa shape index (κ3) is 2.41. The zero-order valence-electron chi connectivity index (χ0n) is 12.8. The van der Waals surface area contributed by atoms with Crippen molar-refractivity contribution in [3.63, 3.8) is 0 Å². The molecule has 3 aromatic heterocycles. The molecule has 3 heterocycles. The molecule has 24 heavy (non-hydrogen) atoms. The number of benzene rings is 1. The van der Waals surface area contributed by atoms with Crippen LogP contribution >= 0.6 is 0 Å². The summed E-state index contributed by atoms with van der Waals surface area (Å²) in [5.74, 6) is 0.500. The number of fused-ring (bicyclic) bond motifs is 2. The van der Waals surface area contributed by atoms with Crippen molar-refractivity contribution < 1.29 is 0 Å². The molecule has 0 unspecified atom stereocenters. The van der Waals surface area contributed by atoms with E-state index in [9.17, 15) is 19.2 Å². The molecule has 0 bridgehead atoms. The van der Waals surface area contributed by atoms with Crippen molar-refractivity contribution in [1.82, 2.24) is 19.9 Å². The Kier molecular flexibility index (Phi) is 3.40. The lowest BCUT2D eigenvalue weighted by molar-refractivity contribution is 1.22. The lowest BCUT2D eigenvalue weighted by Crippen LogP contribution is -2.06. The van der Waals surface area contributed by atoms with E-state index in [2.05, 4.69) is 19.9 Å². The van der Waals surface area contributed by atoms with Crippen LogP contribution in [0, 0.1) is 13.8 Å². The molecule has 9 nitrogen and oxygen atoms in total. The highest BCUT2D eigenvalue weighted by Gasteiger charge is 2.12. The van der Waals surface area contributed by atoms with Crippen molar-refractivity contribution in [2.75, 3.05) is 5.73 Å². The third-order valence-corrected chi connectivity index (χ3v) is 3.74. The first-order chi connectivity index (χ1) is 11.3. The predicted molar refractivity (Wildman–Crippen MR) is 90.1 cm³/mol. The van der Waals surface area contributed by atoms with Gasteiger partial charge >= 0.3 is 0 Å². The van der Waals surface area contributed by atoms with E-state index in [1.165, 1.54) is 12.1 Å². The Morgan fingerprint density at radius 1 is 0.750 bits per heavy atom. The highest BCUT2D eigenvalue weighted by atomic mass is 16.2. The maximum absolute atomic E-state index is 11.3. The van der Waals surface area contributed by atoms with Gasteiger partial charge in [0.2, 0.25) is 0 Å². The standard InChI is InChI=1S/C10H4N2O4.C5H9N3/c13-7-3-1-4-6(10(16)12-8(4)14)2-5(3)9(15)11-7;1-3-4(2)8-5(6)7-3/h1-2H,(H,11,13,15)(H,12,14,16);1-2H3,(H3,6,7,8). The minimum atomic E-state index is -0.546.